The third-order valence-corrected chi connectivity index (χ3v) is 5.71. The third kappa shape index (κ3) is 3.05. The van der Waals surface area contributed by atoms with Gasteiger partial charge in [-0.3, -0.25) is 0 Å². The molecule has 0 spiro atoms. The van der Waals surface area contributed by atoms with Gasteiger partial charge in [-0.2, -0.15) is 5.26 Å². The van der Waals surface area contributed by atoms with Crippen LogP contribution in [-0.2, 0) is 6.42 Å². The zero-order valence-electron chi connectivity index (χ0n) is 16.0. The molecule has 1 aliphatic heterocycles. The van der Waals surface area contributed by atoms with Crippen molar-refractivity contribution in [3.8, 4) is 6.07 Å². The minimum Gasteiger partial charge on any atom is -0.367 e. The van der Waals surface area contributed by atoms with Crippen molar-refractivity contribution in [1.29, 1.82) is 5.26 Å². The molecule has 0 atom stereocenters. The van der Waals surface area contributed by atoms with Crippen LogP contribution in [0.15, 0.2) is 30.9 Å². The summed E-state index contributed by atoms with van der Waals surface area (Å²) >= 11 is 0. The molecule has 1 aliphatic carbocycles. The summed E-state index contributed by atoms with van der Waals surface area (Å²) in [6.45, 7) is 5.32. The molecule has 0 bridgehead atoms. The summed E-state index contributed by atoms with van der Waals surface area (Å²) in [6.07, 6.45) is 11.4. The number of piperazine rings is 1. The first-order valence-corrected chi connectivity index (χ1v) is 9.90. The standard InChI is InChI=1S/C21H23N7/c1-15-12-24-21(25-13-15)27-8-6-26(7-9-27)19-4-5-28-17(10-16-2-3-16)14-23-20(28)18(19)11-22/h4-5,12-14,16H,2-3,6-10H2,1H3. The maximum atomic E-state index is 9.85. The fraction of sp³-hybridized carbons (Fsp3) is 0.429. The Balaban J connectivity index is 1.37. The molecule has 1 saturated carbocycles. The highest BCUT2D eigenvalue weighted by atomic mass is 15.3. The first-order valence-electron chi connectivity index (χ1n) is 9.90. The van der Waals surface area contributed by atoms with E-state index in [1.165, 1.54) is 18.5 Å². The molecule has 0 unspecified atom stereocenters. The Morgan fingerprint density at radius 2 is 1.75 bits per heavy atom. The molecule has 5 rings (SSSR count). The smallest absolute Gasteiger partial charge is 0.225 e. The largest absolute Gasteiger partial charge is 0.367 e. The molecule has 0 amide bonds. The number of aryl methyl sites for hydroxylation is 1. The van der Waals surface area contributed by atoms with E-state index in [0.717, 1.165) is 61.4 Å². The molecule has 7 nitrogen and oxygen atoms in total. The van der Waals surface area contributed by atoms with Crippen LogP contribution >= 0.6 is 0 Å². The Labute approximate surface area is 164 Å². The number of anilines is 2. The molecule has 1 saturated heterocycles. The summed E-state index contributed by atoms with van der Waals surface area (Å²) < 4.78 is 2.09. The lowest BCUT2D eigenvalue weighted by Gasteiger charge is -2.36. The molecule has 0 radical (unpaired) electrons. The topological polar surface area (TPSA) is 73.3 Å². The van der Waals surface area contributed by atoms with Crippen LogP contribution in [0.4, 0.5) is 11.6 Å². The van der Waals surface area contributed by atoms with Crippen molar-refractivity contribution >= 4 is 17.3 Å². The van der Waals surface area contributed by atoms with Gasteiger partial charge in [0.1, 0.15) is 11.6 Å². The highest BCUT2D eigenvalue weighted by Crippen LogP contribution is 2.33. The van der Waals surface area contributed by atoms with Gasteiger partial charge in [-0.15, -0.1) is 0 Å². The highest BCUT2D eigenvalue weighted by Gasteiger charge is 2.25. The maximum absolute atomic E-state index is 9.85. The van der Waals surface area contributed by atoms with E-state index in [-0.39, 0.29) is 0 Å². The second kappa shape index (κ2) is 6.79. The van der Waals surface area contributed by atoms with E-state index in [1.54, 1.807) is 0 Å². The van der Waals surface area contributed by atoms with Gasteiger partial charge in [0.15, 0.2) is 5.65 Å². The Morgan fingerprint density at radius 1 is 1.04 bits per heavy atom. The third-order valence-electron chi connectivity index (χ3n) is 5.71. The number of aromatic nitrogens is 4. The van der Waals surface area contributed by atoms with Crippen LogP contribution < -0.4 is 9.80 Å². The first kappa shape index (κ1) is 17.0. The molecule has 4 heterocycles. The van der Waals surface area contributed by atoms with Crippen LogP contribution in [0.3, 0.4) is 0 Å². The van der Waals surface area contributed by atoms with Crippen molar-refractivity contribution < 1.29 is 0 Å². The lowest BCUT2D eigenvalue weighted by Crippen LogP contribution is -2.47. The van der Waals surface area contributed by atoms with Crippen LogP contribution in [0.2, 0.25) is 0 Å². The number of nitriles is 1. The van der Waals surface area contributed by atoms with Gasteiger partial charge in [-0.25, -0.2) is 15.0 Å². The molecule has 28 heavy (non-hydrogen) atoms. The second-order valence-electron chi connectivity index (χ2n) is 7.81. The zero-order valence-corrected chi connectivity index (χ0v) is 16.0. The number of imidazole rings is 1. The molecule has 7 heteroatoms. The summed E-state index contributed by atoms with van der Waals surface area (Å²) in [6, 6.07) is 4.48. The molecule has 0 aromatic carbocycles. The lowest BCUT2D eigenvalue weighted by atomic mass is 10.2. The molecule has 142 valence electrons. The summed E-state index contributed by atoms with van der Waals surface area (Å²) in [4.78, 5) is 17.9. The van der Waals surface area contributed by atoms with Gasteiger partial charge in [-0.05, 0) is 43.7 Å². The van der Waals surface area contributed by atoms with E-state index in [9.17, 15) is 5.26 Å². The number of pyridine rings is 1. The van der Waals surface area contributed by atoms with Gasteiger partial charge in [0, 0.05) is 56.7 Å². The van der Waals surface area contributed by atoms with E-state index in [2.05, 4.69) is 47.5 Å². The quantitative estimate of drug-likeness (QED) is 0.700. The monoisotopic (exact) mass is 373 g/mol. The first-order chi connectivity index (χ1) is 13.7. The SMILES string of the molecule is Cc1cnc(N2CCN(c3ccn4c(CC5CC5)cnc4c3C#N)CC2)nc1. The lowest BCUT2D eigenvalue weighted by molar-refractivity contribution is 0.639. The van der Waals surface area contributed by atoms with Crippen molar-refractivity contribution in [1.82, 2.24) is 19.4 Å². The predicted octanol–water partition coefficient (Wildman–Crippen LogP) is 2.58. The Morgan fingerprint density at radius 3 is 2.43 bits per heavy atom. The molecule has 3 aromatic rings. The van der Waals surface area contributed by atoms with Crippen molar-refractivity contribution in [3.05, 3.63) is 47.7 Å². The van der Waals surface area contributed by atoms with Gasteiger partial charge in [0.05, 0.1) is 5.69 Å². The molecule has 3 aromatic heterocycles. The highest BCUT2D eigenvalue weighted by molar-refractivity contribution is 5.71. The fourth-order valence-corrected chi connectivity index (χ4v) is 3.93. The summed E-state index contributed by atoms with van der Waals surface area (Å²) in [5.74, 6) is 1.57. The van der Waals surface area contributed by atoms with E-state index in [0.29, 0.717) is 5.56 Å². The number of rotatable bonds is 4. The molecule has 0 N–H and O–H groups in total. The van der Waals surface area contributed by atoms with Gasteiger partial charge in [-0.1, -0.05) is 0 Å². The molecule has 2 fully saturated rings. The van der Waals surface area contributed by atoms with Crippen molar-refractivity contribution in [3.63, 3.8) is 0 Å². The van der Waals surface area contributed by atoms with E-state index < -0.39 is 0 Å². The Hall–Kier alpha value is -3.14. The number of fused-ring (bicyclic) bond motifs is 1. The average Bonchev–Trinajstić information content (AvgIpc) is 3.46. The maximum Gasteiger partial charge on any atom is 0.225 e. The van der Waals surface area contributed by atoms with Crippen LogP contribution in [0.1, 0.15) is 29.7 Å². The van der Waals surface area contributed by atoms with E-state index >= 15 is 0 Å². The number of hydrogen-bond donors (Lipinski definition) is 0. The van der Waals surface area contributed by atoms with Crippen molar-refractivity contribution in [2.24, 2.45) is 5.92 Å². The predicted molar refractivity (Wildman–Crippen MR) is 108 cm³/mol. The Kier molecular flexibility index (Phi) is 4.12. The van der Waals surface area contributed by atoms with Gasteiger partial charge in [0.25, 0.3) is 0 Å². The number of nitrogens with zero attached hydrogens (tertiary/aromatic N) is 7. The Bertz CT molecular complexity index is 1040. The van der Waals surface area contributed by atoms with Crippen molar-refractivity contribution in [2.45, 2.75) is 26.2 Å². The minimum absolute atomic E-state index is 0.671. The zero-order chi connectivity index (χ0) is 19.1. The van der Waals surface area contributed by atoms with Gasteiger partial charge in [0.2, 0.25) is 5.95 Å². The molecular weight excluding hydrogens is 350 g/mol. The summed E-state index contributed by atoms with van der Waals surface area (Å²) in [7, 11) is 0. The van der Waals surface area contributed by atoms with Gasteiger partial charge >= 0.3 is 0 Å². The molecular formula is C21H23N7. The van der Waals surface area contributed by atoms with E-state index in [1.807, 2.05) is 25.5 Å². The van der Waals surface area contributed by atoms with Crippen LogP contribution in [-0.4, -0.2) is 45.5 Å². The second-order valence-corrected chi connectivity index (χ2v) is 7.81. The van der Waals surface area contributed by atoms with E-state index in [4.69, 9.17) is 0 Å². The van der Waals surface area contributed by atoms with Gasteiger partial charge < -0.3 is 14.2 Å². The minimum atomic E-state index is 0.671. The average molecular weight is 373 g/mol. The van der Waals surface area contributed by atoms with Crippen LogP contribution in [0.5, 0.6) is 0 Å². The van der Waals surface area contributed by atoms with Crippen LogP contribution in [0, 0.1) is 24.2 Å². The number of hydrogen-bond acceptors (Lipinski definition) is 6. The normalized spacial score (nSPS) is 17.1. The van der Waals surface area contributed by atoms with Crippen LogP contribution in [0.25, 0.3) is 5.65 Å². The molecule has 2 aliphatic rings. The fourth-order valence-electron chi connectivity index (χ4n) is 3.93. The summed E-state index contributed by atoms with van der Waals surface area (Å²) in [5, 5.41) is 9.85. The summed E-state index contributed by atoms with van der Waals surface area (Å²) in [5.41, 5.74) is 4.70. The van der Waals surface area contributed by atoms with Crippen molar-refractivity contribution in [2.75, 3.05) is 36.0 Å².